The molecule has 0 fully saturated rings. The number of thiazole rings is 1. The van der Waals surface area contributed by atoms with E-state index in [0.717, 1.165) is 17.0 Å². The summed E-state index contributed by atoms with van der Waals surface area (Å²) in [7, 11) is 0. The molecule has 25 heavy (non-hydrogen) atoms. The maximum atomic E-state index is 12.1. The molecule has 0 amide bonds. The van der Waals surface area contributed by atoms with Gasteiger partial charge < -0.3 is 14.3 Å². The fraction of sp³-hybridized carbons (Fsp3) is 0.294. The van der Waals surface area contributed by atoms with Crippen molar-refractivity contribution >= 4 is 28.2 Å². The highest BCUT2D eigenvalue weighted by molar-refractivity contribution is 7.07. The van der Waals surface area contributed by atoms with Crippen molar-refractivity contribution in [2.24, 2.45) is 0 Å². The summed E-state index contributed by atoms with van der Waals surface area (Å²) in [6.07, 6.45) is -0.621. The minimum Gasteiger partial charge on any atom is -0.454 e. The molecule has 8 heteroatoms. The van der Waals surface area contributed by atoms with Gasteiger partial charge in [-0.1, -0.05) is 23.5 Å². The number of hydrogen-bond donors (Lipinski definition) is 1. The number of aryl methyl sites for hydroxylation is 1. The minimum absolute atomic E-state index is 0.0691. The third-order valence-electron chi connectivity index (χ3n) is 3.84. The van der Waals surface area contributed by atoms with Gasteiger partial charge in [-0.25, -0.2) is 4.98 Å². The van der Waals surface area contributed by atoms with Gasteiger partial charge in [0.05, 0.1) is 17.3 Å². The van der Waals surface area contributed by atoms with Crippen molar-refractivity contribution in [3.05, 3.63) is 61.2 Å². The number of nitrogens with one attached hydrogen (secondary N) is 1. The van der Waals surface area contributed by atoms with E-state index in [4.69, 9.17) is 4.74 Å². The highest BCUT2D eigenvalue weighted by Crippen LogP contribution is 2.15. The van der Waals surface area contributed by atoms with Gasteiger partial charge >= 0.3 is 10.8 Å². The molecule has 0 unspecified atom stereocenters. The lowest BCUT2D eigenvalue weighted by atomic mass is 10.2. The molecule has 1 aromatic carbocycles. The molecule has 0 aliphatic carbocycles. The summed E-state index contributed by atoms with van der Waals surface area (Å²) in [6.45, 7) is 3.73. The van der Waals surface area contributed by atoms with E-state index in [1.165, 1.54) is 4.57 Å². The fourth-order valence-electron chi connectivity index (χ4n) is 2.49. The summed E-state index contributed by atoms with van der Waals surface area (Å²) in [4.78, 5) is 42.6. The van der Waals surface area contributed by atoms with Crippen LogP contribution in [0, 0.1) is 6.92 Å². The third-order valence-corrected chi connectivity index (χ3v) is 4.72. The molecule has 0 saturated carbocycles. The predicted octanol–water partition coefficient (Wildman–Crippen LogP) is 2.15. The Bertz CT molecular complexity index is 1030. The molecule has 2 aromatic heterocycles. The number of rotatable bonds is 5. The Morgan fingerprint density at radius 3 is 2.84 bits per heavy atom. The molecule has 0 aliphatic heterocycles. The number of benzene rings is 1. The fourth-order valence-corrected chi connectivity index (χ4v) is 3.25. The Morgan fingerprint density at radius 2 is 2.12 bits per heavy atom. The Labute approximate surface area is 146 Å². The summed E-state index contributed by atoms with van der Waals surface area (Å²) in [5.41, 5.74) is 1.09. The van der Waals surface area contributed by atoms with Crippen molar-refractivity contribution in [3.8, 4) is 0 Å². The maximum absolute atomic E-state index is 12.1. The van der Waals surface area contributed by atoms with Gasteiger partial charge in [0.1, 0.15) is 0 Å². The highest BCUT2D eigenvalue weighted by Gasteiger charge is 2.16. The van der Waals surface area contributed by atoms with Gasteiger partial charge in [0.2, 0.25) is 0 Å². The number of hydrogen-bond acceptors (Lipinski definition) is 6. The first kappa shape index (κ1) is 17.1. The standard InChI is InChI=1S/C17H17N3O4S/c1-10-9-25-17(23)20(10)8-7-14(21)24-11(2)15-18-13-6-4-3-5-12(13)16(22)19-15/h3-6,9,11H,7-8H2,1-2H3,(H,18,19,22)/t11-/m1/s1. The molecular formula is C17H17N3O4S. The minimum atomic E-state index is -0.690. The molecule has 3 aromatic rings. The molecule has 1 atom stereocenters. The van der Waals surface area contributed by atoms with Crippen LogP contribution in [0.15, 0.2) is 39.2 Å². The largest absolute Gasteiger partial charge is 0.454 e. The summed E-state index contributed by atoms with van der Waals surface area (Å²) >= 11 is 1.10. The monoisotopic (exact) mass is 359 g/mol. The number of carbonyl (C=O) groups excluding carboxylic acids is 1. The normalized spacial score (nSPS) is 12.2. The first-order valence-electron chi connectivity index (χ1n) is 7.79. The Kier molecular flexibility index (Phi) is 4.80. The van der Waals surface area contributed by atoms with Crippen LogP contribution < -0.4 is 10.4 Å². The van der Waals surface area contributed by atoms with Crippen molar-refractivity contribution in [2.45, 2.75) is 32.9 Å². The van der Waals surface area contributed by atoms with Crippen LogP contribution in [-0.4, -0.2) is 20.5 Å². The van der Waals surface area contributed by atoms with Crippen molar-refractivity contribution in [1.82, 2.24) is 14.5 Å². The average molecular weight is 359 g/mol. The lowest BCUT2D eigenvalue weighted by molar-refractivity contribution is -0.149. The molecule has 0 radical (unpaired) electrons. The topological polar surface area (TPSA) is 94.0 Å². The molecule has 7 nitrogen and oxygen atoms in total. The van der Waals surface area contributed by atoms with Crippen LogP contribution in [0.3, 0.4) is 0 Å². The molecule has 0 spiro atoms. The SMILES string of the molecule is Cc1csc(=O)n1CCC(=O)O[C@H](C)c1nc2ccccc2c(=O)[nH]1. The van der Waals surface area contributed by atoms with Crippen LogP contribution in [0.1, 0.15) is 31.0 Å². The van der Waals surface area contributed by atoms with E-state index < -0.39 is 12.1 Å². The third kappa shape index (κ3) is 3.69. The van der Waals surface area contributed by atoms with Crippen LogP contribution >= 0.6 is 11.3 Å². The van der Waals surface area contributed by atoms with Crippen LogP contribution in [0.5, 0.6) is 0 Å². The molecular weight excluding hydrogens is 342 g/mol. The molecule has 3 rings (SSSR count). The second-order valence-corrected chi connectivity index (χ2v) is 6.47. The number of fused-ring (bicyclic) bond motifs is 1. The zero-order valence-electron chi connectivity index (χ0n) is 13.8. The molecule has 130 valence electrons. The molecule has 2 heterocycles. The molecule has 0 aliphatic rings. The van der Waals surface area contributed by atoms with Gasteiger partial charge in [0.15, 0.2) is 11.9 Å². The second-order valence-electron chi connectivity index (χ2n) is 5.65. The van der Waals surface area contributed by atoms with Crippen molar-refractivity contribution in [2.75, 3.05) is 0 Å². The number of H-pyrrole nitrogens is 1. The Balaban J connectivity index is 1.69. The Morgan fingerprint density at radius 1 is 1.36 bits per heavy atom. The summed E-state index contributed by atoms with van der Waals surface area (Å²) < 4.78 is 6.87. The number of ether oxygens (including phenoxy) is 1. The highest BCUT2D eigenvalue weighted by atomic mass is 32.1. The first-order valence-corrected chi connectivity index (χ1v) is 8.67. The van der Waals surface area contributed by atoms with E-state index in [9.17, 15) is 14.4 Å². The van der Waals surface area contributed by atoms with Crippen molar-refractivity contribution in [3.63, 3.8) is 0 Å². The van der Waals surface area contributed by atoms with Crippen LogP contribution in [0.25, 0.3) is 10.9 Å². The van der Waals surface area contributed by atoms with Gasteiger partial charge in [-0.3, -0.25) is 14.4 Å². The van der Waals surface area contributed by atoms with Crippen molar-refractivity contribution in [1.29, 1.82) is 0 Å². The smallest absolute Gasteiger partial charge is 0.308 e. The van der Waals surface area contributed by atoms with E-state index >= 15 is 0 Å². The lowest BCUT2D eigenvalue weighted by Crippen LogP contribution is -2.20. The second kappa shape index (κ2) is 7.02. The zero-order chi connectivity index (χ0) is 18.0. The number of aromatic nitrogens is 3. The number of nitrogens with zero attached hydrogens (tertiary/aromatic N) is 2. The van der Waals surface area contributed by atoms with Gasteiger partial charge in [0.25, 0.3) is 5.56 Å². The zero-order valence-corrected chi connectivity index (χ0v) is 14.6. The van der Waals surface area contributed by atoms with E-state index in [1.54, 1.807) is 36.6 Å². The molecule has 1 N–H and O–H groups in total. The predicted molar refractivity (Wildman–Crippen MR) is 94.8 cm³/mol. The van der Waals surface area contributed by atoms with Gasteiger partial charge in [-0.2, -0.15) is 0 Å². The number of esters is 1. The van der Waals surface area contributed by atoms with Gasteiger partial charge in [-0.05, 0) is 26.0 Å². The number of carbonyl (C=O) groups is 1. The summed E-state index contributed by atoms with van der Waals surface area (Å²) in [6, 6.07) is 6.96. The van der Waals surface area contributed by atoms with Crippen LogP contribution in [0.4, 0.5) is 0 Å². The van der Waals surface area contributed by atoms with Crippen LogP contribution in [0.2, 0.25) is 0 Å². The van der Waals surface area contributed by atoms with Gasteiger partial charge in [-0.15, -0.1) is 0 Å². The molecule has 0 saturated heterocycles. The average Bonchev–Trinajstić information content (AvgIpc) is 2.91. The van der Waals surface area contributed by atoms with Crippen LogP contribution in [-0.2, 0) is 16.1 Å². The van der Waals surface area contributed by atoms with E-state index in [2.05, 4.69) is 9.97 Å². The summed E-state index contributed by atoms with van der Waals surface area (Å²) in [5, 5.41) is 2.23. The number of para-hydroxylation sites is 1. The van der Waals surface area contributed by atoms with Crippen molar-refractivity contribution < 1.29 is 9.53 Å². The first-order chi connectivity index (χ1) is 12.0. The van der Waals surface area contributed by atoms with E-state index in [-0.39, 0.29) is 23.4 Å². The van der Waals surface area contributed by atoms with E-state index in [1.807, 2.05) is 6.92 Å². The molecule has 0 bridgehead atoms. The maximum Gasteiger partial charge on any atom is 0.308 e. The van der Waals surface area contributed by atoms with Gasteiger partial charge in [0, 0.05) is 17.6 Å². The lowest BCUT2D eigenvalue weighted by Gasteiger charge is -2.13. The Hall–Kier alpha value is -2.74. The summed E-state index contributed by atoms with van der Waals surface area (Å²) in [5.74, 6) is -0.165. The number of aromatic amines is 1. The van der Waals surface area contributed by atoms with E-state index in [0.29, 0.717) is 16.7 Å². The quantitative estimate of drug-likeness (QED) is 0.705.